The van der Waals surface area contributed by atoms with Crippen molar-refractivity contribution in [2.75, 3.05) is 0 Å². The smallest absolute Gasteiger partial charge is 0.311 e. The summed E-state index contributed by atoms with van der Waals surface area (Å²) in [6.45, 7) is 1.79. The molecule has 0 aliphatic rings. The third kappa shape index (κ3) is 2.84. The molecule has 92 valence electrons. The predicted molar refractivity (Wildman–Crippen MR) is 69.8 cm³/mol. The Hall–Kier alpha value is -1.95. The van der Waals surface area contributed by atoms with Crippen molar-refractivity contribution in [2.45, 2.75) is 6.92 Å². The van der Waals surface area contributed by atoms with Gasteiger partial charge in [-0.15, -0.1) is 0 Å². The average molecular weight is 309 g/mol. The normalized spacial score (nSPS) is 10.1. The Morgan fingerprint density at radius 1 is 1.33 bits per heavy atom. The maximum atomic E-state index is 10.9. The van der Waals surface area contributed by atoms with Crippen molar-refractivity contribution >= 4 is 21.6 Å². The molecule has 0 saturated carbocycles. The molecule has 18 heavy (non-hydrogen) atoms. The van der Waals surface area contributed by atoms with Crippen molar-refractivity contribution in [1.82, 2.24) is 4.98 Å². The van der Waals surface area contributed by atoms with E-state index in [0.29, 0.717) is 5.88 Å². The Morgan fingerprint density at radius 2 is 2.11 bits per heavy atom. The molecule has 0 radical (unpaired) electrons. The number of nitro benzene ring substituents is 1. The minimum atomic E-state index is -0.471. The fraction of sp³-hybridized carbons (Fsp3) is 0.0833. The SMILES string of the molecule is Cc1ccc(Oc2ccc(Br)cn2)c([N+](=O)[O-])c1. The zero-order valence-corrected chi connectivity index (χ0v) is 11.0. The third-order valence-electron chi connectivity index (χ3n) is 2.23. The lowest BCUT2D eigenvalue weighted by Gasteiger charge is -2.05. The molecule has 1 heterocycles. The molecular weight excluding hydrogens is 300 g/mol. The summed E-state index contributed by atoms with van der Waals surface area (Å²) >= 11 is 3.25. The van der Waals surface area contributed by atoms with Crippen LogP contribution in [0.5, 0.6) is 11.6 Å². The van der Waals surface area contributed by atoms with E-state index in [1.54, 1.807) is 37.4 Å². The van der Waals surface area contributed by atoms with Crippen LogP contribution in [-0.2, 0) is 0 Å². The van der Waals surface area contributed by atoms with Gasteiger partial charge in [-0.25, -0.2) is 4.98 Å². The van der Waals surface area contributed by atoms with E-state index in [1.165, 1.54) is 6.07 Å². The van der Waals surface area contributed by atoms with E-state index in [2.05, 4.69) is 20.9 Å². The molecule has 0 spiro atoms. The van der Waals surface area contributed by atoms with Crippen LogP contribution in [-0.4, -0.2) is 9.91 Å². The molecule has 6 heteroatoms. The van der Waals surface area contributed by atoms with Crippen molar-refractivity contribution in [1.29, 1.82) is 0 Å². The van der Waals surface area contributed by atoms with E-state index in [9.17, 15) is 10.1 Å². The summed E-state index contributed by atoms with van der Waals surface area (Å²) in [6, 6.07) is 8.17. The number of halogens is 1. The number of nitro groups is 1. The van der Waals surface area contributed by atoms with Gasteiger partial charge in [-0.2, -0.15) is 0 Å². The highest BCUT2D eigenvalue weighted by Gasteiger charge is 2.16. The number of nitrogens with zero attached hydrogens (tertiary/aromatic N) is 2. The minimum absolute atomic E-state index is 0.0697. The number of aryl methyl sites for hydroxylation is 1. The number of hydrogen-bond donors (Lipinski definition) is 0. The van der Waals surface area contributed by atoms with Gasteiger partial charge in [0.2, 0.25) is 11.6 Å². The summed E-state index contributed by atoms with van der Waals surface area (Å²) in [7, 11) is 0. The van der Waals surface area contributed by atoms with E-state index in [-0.39, 0.29) is 11.4 Å². The van der Waals surface area contributed by atoms with Crippen LogP contribution in [0.1, 0.15) is 5.56 Å². The Balaban J connectivity index is 2.34. The van der Waals surface area contributed by atoms with E-state index < -0.39 is 4.92 Å². The molecule has 0 amide bonds. The second-order valence-corrected chi connectivity index (χ2v) is 4.56. The molecule has 0 unspecified atom stereocenters. The molecule has 2 rings (SSSR count). The quantitative estimate of drug-likeness (QED) is 0.638. The van der Waals surface area contributed by atoms with Gasteiger partial charge in [-0.3, -0.25) is 10.1 Å². The molecule has 1 aromatic heterocycles. The van der Waals surface area contributed by atoms with Crippen LogP contribution in [0, 0.1) is 17.0 Å². The Kier molecular flexibility index (Phi) is 3.57. The zero-order chi connectivity index (χ0) is 13.1. The molecule has 0 fully saturated rings. The molecule has 0 aliphatic carbocycles. The summed E-state index contributed by atoms with van der Waals surface area (Å²) in [4.78, 5) is 14.4. The number of ether oxygens (including phenoxy) is 1. The third-order valence-corrected chi connectivity index (χ3v) is 2.69. The first-order chi connectivity index (χ1) is 8.56. The van der Waals surface area contributed by atoms with E-state index >= 15 is 0 Å². The highest BCUT2D eigenvalue weighted by molar-refractivity contribution is 9.10. The topological polar surface area (TPSA) is 65.3 Å². The molecule has 5 nitrogen and oxygen atoms in total. The van der Waals surface area contributed by atoms with Gasteiger partial charge in [-0.1, -0.05) is 6.07 Å². The first-order valence-corrected chi connectivity index (χ1v) is 5.90. The van der Waals surface area contributed by atoms with Crippen molar-refractivity contribution in [3.05, 3.63) is 56.7 Å². The fourth-order valence-corrected chi connectivity index (χ4v) is 1.63. The molecule has 0 bridgehead atoms. The lowest BCUT2D eigenvalue weighted by atomic mass is 10.2. The molecule has 0 atom stereocenters. The van der Waals surface area contributed by atoms with Crippen LogP contribution < -0.4 is 4.74 Å². The van der Waals surface area contributed by atoms with E-state index in [4.69, 9.17) is 4.74 Å². The molecule has 0 aliphatic heterocycles. The molecule has 0 N–H and O–H groups in total. The second-order valence-electron chi connectivity index (χ2n) is 3.65. The maximum absolute atomic E-state index is 10.9. The minimum Gasteiger partial charge on any atom is -0.432 e. The lowest BCUT2D eigenvalue weighted by molar-refractivity contribution is -0.385. The first kappa shape index (κ1) is 12.5. The maximum Gasteiger partial charge on any atom is 0.311 e. The van der Waals surface area contributed by atoms with Crippen LogP contribution in [0.2, 0.25) is 0 Å². The summed E-state index contributed by atoms with van der Waals surface area (Å²) < 4.78 is 6.22. The standard InChI is InChI=1S/C12H9BrN2O3/c1-8-2-4-11(10(6-8)15(16)17)18-12-5-3-9(13)7-14-12/h2-7H,1H3. The van der Waals surface area contributed by atoms with Gasteiger partial charge in [0, 0.05) is 22.8 Å². The Labute approximate surface area is 112 Å². The number of benzene rings is 1. The van der Waals surface area contributed by atoms with Crippen LogP contribution in [0.15, 0.2) is 41.0 Å². The molecule has 1 aromatic carbocycles. The molecule has 2 aromatic rings. The van der Waals surface area contributed by atoms with Gasteiger partial charge >= 0.3 is 5.69 Å². The van der Waals surface area contributed by atoms with Gasteiger partial charge < -0.3 is 4.74 Å². The number of pyridine rings is 1. The largest absolute Gasteiger partial charge is 0.432 e. The number of hydrogen-bond acceptors (Lipinski definition) is 4. The first-order valence-electron chi connectivity index (χ1n) is 5.11. The summed E-state index contributed by atoms with van der Waals surface area (Å²) in [5, 5.41) is 10.9. The average Bonchev–Trinajstić information content (AvgIpc) is 2.34. The van der Waals surface area contributed by atoms with Gasteiger partial charge in [0.1, 0.15) is 0 Å². The Bertz CT molecular complexity index is 584. The van der Waals surface area contributed by atoms with Gasteiger partial charge in [0.25, 0.3) is 0 Å². The monoisotopic (exact) mass is 308 g/mol. The second kappa shape index (κ2) is 5.14. The zero-order valence-electron chi connectivity index (χ0n) is 9.46. The van der Waals surface area contributed by atoms with Gasteiger partial charge in [-0.05, 0) is 40.5 Å². The summed E-state index contributed by atoms with van der Waals surface area (Å²) in [6.07, 6.45) is 1.56. The molecule has 0 saturated heterocycles. The highest BCUT2D eigenvalue weighted by Crippen LogP contribution is 2.31. The number of rotatable bonds is 3. The fourth-order valence-electron chi connectivity index (χ4n) is 1.39. The van der Waals surface area contributed by atoms with Gasteiger partial charge in [0.15, 0.2) is 0 Å². The van der Waals surface area contributed by atoms with Crippen molar-refractivity contribution in [2.24, 2.45) is 0 Å². The number of aromatic nitrogens is 1. The Morgan fingerprint density at radius 3 is 2.72 bits per heavy atom. The van der Waals surface area contributed by atoms with Crippen molar-refractivity contribution in [3.8, 4) is 11.6 Å². The highest BCUT2D eigenvalue weighted by atomic mass is 79.9. The van der Waals surface area contributed by atoms with E-state index in [0.717, 1.165) is 10.0 Å². The van der Waals surface area contributed by atoms with Crippen LogP contribution in [0.25, 0.3) is 0 Å². The van der Waals surface area contributed by atoms with E-state index in [1.807, 2.05) is 0 Å². The van der Waals surface area contributed by atoms with Crippen LogP contribution >= 0.6 is 15.9 Å². The lowest BCUT2D eigenvalue weighted by Crippen LogP contribution is -1.95. The predicted octanol–water partition coefficient (Wildman–Crippen LogP) is 3.85. The summed E-state index contributed by atoms with van der Waals surface area (Å²) in [5.41, 5.74) is 0.734. The van der Waals surface area contributed by atoms with Crippen molar-refractivity contribution < 1.29 is 9.66 Å². The van der Waals surface area contributed by atoms with Crippen molar-refractivity contribution in [3.63, 3.8) is 0 Å². The molecular formula is C12H9BrN2O3. The van der Waals surface area contributed by atoms with Crippen LogP contribution in [0.4, 0.5) is 5.69 Å². The van der Waals surface area contributed by atoms with Crippen LogP contribution in [0.3, 0.4) is 0 Å². The van der Waals surface area contributed by atoms with Gasteiger partial charge in [0.05, 0.1) is 4.92 Å². The summed E-state index contributed by atoms with van der Waals surface area (Å²) in [5.74, 6) is 0.491.